The van der Waals surface area contributed by atoms with Crippen LogP contribution < -0.4 is 4.57 Å². The van der Waals surface area contributed by atoms with E-state index in [9.17, 15) is 4.39 Å². The minimum atomic E-state index is -0.341. The van der Waals surface area contributed by atoms with Gasteiger partial charge < -0.3 is 4.42 Å². The molecule has 0 aliphatic carbocycles. The summed E-state index contributed by atoms with van der Waals surface area (Å²) in [4.78, 5) is 0. The third kappa shape index (κ3) is 2.43. The van der Waals surface area contributed by atoms with Crippen LogP contribution in [-0.2, 0) is 7.05 Å². The van der Waals surface area contributed by atoms with Crippen LogP contribution in [0.4, 0.5) is 4.39 Å². The van der Waals surface area contributed by atoms with Crippen LogP contribution in [0.1, 0.15) is 5.56 Å². The minimum absolute atomic E-state index is 0.307. The molecule has 2 aromatic heterocycles. The predicted molar refractivity (Wildman–Crippen MR) is 110 cm³/mol. The number of aryl methyl sites for hydroxylation is 2. The van der Waals surface area contributed by atoms with Gasteiger partial charge in [-0.1, -0.05) is 48.5 Å². The first-order valence-corrected chi connectivity index (χ1v) is 9.30. The quantitative estimate of drug-likeness (QED) is 0.339. The standard InChI is InChI=1S/C25H19FNO/c1-16-11-12-19-23-18(17-8-4-3-5-9-17)13-14-20(26)25(23)28-24(19)22(16)21-10-6-7-15-27(21)2/h3-15H,1-2H3/q+1. The Morgan fingerprint density at radius 3 is 2.39 bits per heavy atom. The van der Waals surface area contributed by atoms with Crippen molar-refractivity contribution in [3.05, 3.63) is 90.4 Å². The van der Waals surface area contributed by atoms with Gasteiger partial charge in [-0.05, 0) is 35.7 Å². The maximum absolute atomic E-state index is 14.7. The van der Waals surface area contributed by atoms with E-state index in [1.165, 1.54) is 6.07 Å². The molecular formula is C25H19FNO+. The van der Waals surface area contributed by atoms with Crippen LogP contribution >= 0.6 is 0 Å². The van der Waals surface area contributed by atoms with Crippen molar-refractivity contribution in [2.45, 2.75) is 6.92 Å². The summed E-state index contributed by atoms with van der Waals surface area (Å²) in [6.45, 7) is 2.06. The molecule has 0 atom stereocenters. The Labute approximate surface area is 162 Å². The summed E-state index contributed by atoms with van der Waals surface area (Å²) in [6.07, 6.45) is 2.01. The number of rotatable bonds is 2. The molecule has 0 amide bonds. The van der Waals surface area contributed by atoms with Crippen molar-refractivity contribution in [3.63, 3.8) is 0 Å². The molecule has 2 heterocycles. The molecule has 3 heteroatoms. The van der Waals surface area contributed by atoms with Crippen LogP contribution in [-0.4, -0.2) is 0 Å². The third-order valence-electron chi connectivity index (χ3n) is 5.34. The number of hydrogen-bond acceptors (Lipinski definition) is 1. The van der Waals surface area contributed by atoms with Crippen molar-refractivity contribution in [2.75, 3.05) is 0 Å². The first kappa shape index (κ1) is 16.7. The first-order chi connectivity index (χ1) is 13.6. The van der Waals surface area contributed by atoms with Crippen LogP contribution in [0.15, 0.2) is 83.4 Å². The number of nitrogens with zero attached hydrogens (tertiary/aromatic N) is 1. The van der Waals surface area contributed by atoms with Gasteiger partial charge in [-0.25, -0.2) is 8.96 Å². The second-order valence-electron chi connectivity index (χ2n) is 7.10. The molecule has 28 heavy (non-hydrogen) atoms. The zero-order valence-corrected chi connectivity index (χ0v) is 15.7. The van der Waals surface area contributed by atoms with Crippen LogP contribution in [0.5, 0.6) is 0 Å². The smallest absolute Gasteiger partial charge is 0.216 e. The largest absolute Gasteiger partial charge is 0.452 e. The maximum Gasteiger partial charge on any atom is 0.216 e. The van der Waals surface area contributed by atoms with Gasteiger partial charge in [0.15, 0.2) is 17.6 Å². The molecule has 5 rings (SSSR count). The Kier molecular flexibility index (Phi) is 3.76. The predicted octanol–water partition coefficient (Wildman–Crippen LogP) is 6.19. The van der Waals surface area contributed by atoms with E-state index in [-0.39, 0.29) is 5.82 Å². The number of aromatic nitrogens is 1. The molecule has 0 fully saturated rings. The molecule has 0 radical (unpaired) electrons. The number of furan rings is 1. The highest BCUT2D eigenvalue weighted by Crippen LogP contribution is 2.41. The van der Waals surface area contributed by atoms with E-state index < -0.39 is 0 Å². The van der Waals surface area contributed by atoms with Crippen molar-refractivity contribution < 1.29 is 13.4 Å². The lowest BCUT2D eigenvalue weighted by Crippen LogP contribution is -2.30. The number of benzene rings is 3. The van der Waals surface area contributed by atoms with Crippen LogP contribution in [0.2, 0.25) is 0 Å². The summed E-state index contributed by atoms with van der Waals surface area (Å²) < 4.78 is 23.0. The summed E-state index contributed by atoms with van der Waals surface area (Å²) in [6, 6.07) is 23.5. The second kappa shape index (κ2) is 6.31. The number of hydrogen-bond donors (Lipinski definition) is 0. The van der Waals surface area contributed by atoms with E-state index in [1.54, 1.807) is 0 Å². The summed E-state index contributed by atoms with van der Waals surface area (Å²) in [5, 5.41) is 1.75. The molecule has 2 nitrogen and oxygen atoms in total. The van der Waals surface area contributed by atoms with E-state index in [0.717, 1.165) is 44.3 Å². The lowest BCUT2D eigenvalue weighted by Gasteiger charge is -2.06. The molecule has 0 unspecified atom stereocenters. The Hall–Kier alpha value is -3.46. The van der Waals surface area contributed by atoms with Crippen LogP contribution in [0, 0.1) is 12.7 Å². The fourth-order valence-corrected chi connectivity index (χ4v) is 3.97. The van der Waals surface area contributed by atoms with Gasteiger partial charge >= 0.3 is 0 Å². The monoisotopic (exact) mass is 368 g/mol. The van der Waals surface area contributed by atoms with Crippen molar-refractivity contribution in [2.24, 2.45) is 7.05 Å². The minimum Gasteiger partial charge on any atom is -0.452 e. The third-order valence-corrected chi connectivity index (χ3v) is 5.34. The molecule has 0 spiro atoms. The molecule has 5 aromatic rings. The van der Waals surface area contributed by atoms with Crippen molar-refractivity contribution >= 4 is 21.9 Å². The average Bonchev–Trinajstić information content (AvgIpc) is 3.10. The lowest BCUT2D eigenvalue weighted by molar-refractivity contribution is -0.660. The van der Waals surface area contributed by atoms with Crippen molar-refractivity contribution in [3.8, 4) is 22.4 Å². The van der Waals surface area contributed by atoms with Gasteiger partial charge in [-0.3, -0.25) is 0 Å². The van der Waals surface area contributed by atoms with E-state index in [2.05, 4.69) is 23.6 Å². The first-order valence-electron chi connectivity index (χ1n) is 9.30. The normalized spacial score (nSPS) is 11.4. The van der Waals surface area contributed by atoms with Gasteiger partial charge in [0, 0.05) is 22.9 Å². The molecule has 0 saturated carbocycles. The Balaban J connectivity index is 1.94. The molecule has 0 aliphatic rings. The lowest BCUT2D eigenvalue weighted by atomic mass is 9.96. The van der Waals surface area contributed by atoms with Crippen molar-refractivity contribution in [1.29, 1.82) is 0 Å². The summed E-state index contributed by atoms with van der Waals surface area (Å²) in [5.74, 6) is -0.341. The average molecular weight is 368 g/mol. The summed E-state index contributed by atoms with van der Waals surface area (Å²) in [7, 11) is 2.01. The molecule has 0 bridgehead atoms. The van der Waals surface area contributed by atoms with Gasteiger partial charge in [0.25, 0.3) is 0 Å². The SMILES string of the molecule is Cc1ccc2c(oc3c(F)ccc(-c4ccccc4)c32)c1-c1cccc[n+]1C. The molecule has 0 aliphatic heterocycles. The van der Waals surface area contributed by atoms with E-state index in [1.807, 2.05) is 67.8 Å². The molecule has 3 aromatic carbocycles. The number of pyridine rings is 1. The van der Waals surface area contributed by atoms with E-state index in [0.29, 0.717) is 5.58 Å². The molecule has 136 valence electrons. The summed E-state index contributed by atoms with van der Waals surface area (Å²) >= 11 is 0. The molecule has 0 saturated heterocycles. The fraction of sp³-hybridized carbons (Fsp3) is 0.0800. The van der Waals surface area contributed by atoms with E-state index >= 15 is 0 Å². The zero-order chi connectivity index (χ0) is 19.3. The van der Waals surface area contributed by atoms with Gasteiger partial charge in [-0.2, -0.15) is 0 Å². The molecule has 0 N–H and O–H groups in total. The highest BCUT2D eigenvalue weighted by atomic mass is 19.1. The van der Waals surface area contributed by atoms with Gasteiger partial charge in [0.2, 0.25) is 5.69 Å². The Bertz CT molecular complexity index is 1340. The summed E-state index contributed by atoms with van der Waals surface area (Å²) in [5.41, 5.74) is 6.17. The Morgan fingerprint density at radius 1 is 0.821 bits per heavy atom. The topological polar surface area (TPSA) is 17.0 Å². The Morgan fingerprint density at radius 2 is 1.61 bits per heavy atom. The number of halogens is 1. The van der Waals surface area contributed by atoms with Gasteiger partial charge in [0.05, 0.1) is 5.56 Å². The van der Waals surface area contributed by atoms with Gasteiger partial charge in [-0.15, -0.1) is 0 Å². The van der Waals surface area contributed by atoms with Gasteiger partial charge in [0.1, 0.15) is 12.6 Å². The zero-order valence-electron chi connectivity index (χ0n) is 15.7. The maximum atomic E-state index is 14.7. The highest BCUT2D eigenvalue weighted by molar-refractivity contribution is 6.15. The van der Waals surface area contributed by atoms with E-state index in [4.69, 9.17) is 4.42 Å². The second-order valence-corrected chi connectivity index (χ2v) is 7.10. The van der Waals surface area contributed by atoms with Crippen LogP contribution in [0.25, 0.3) is 44.3 Å². The van der Waals surface area contributed by atoms with Crippen molar-refractivity contribution in [1.82, 2.24) is 0 Å². The molecular weight excluding hydrogens is 349 g/mol. The number of fused-ring (bicyclic) bond motifs is 3. The highest BCUT2D eigenvalue weighted by Gasteiger charge is 2.23. The van der Waals surface area contributed by atoms with Crippen LogP contribution in [0.3, 0.4) is 0 Å². The fourth-order valence-electron chi connectivity index (χ4n) is 3.97.